The number of carbonyl (C=O) groups excluding carboxylic acids is 1. The SMILES string of the molecule is CCN(CC)C(=O)c1cc(NC2CCCC2CN)ccn1. The quantitative estimate of drug-likeness (QED) is 0.841. The molecule has 1 heterocycles. The summed E-state index contributed by atoms with van der Waals surface area (Å²) in [6, 6.07) is 4.19. The zero-order valence-electron chi connectivity index (χ0n) is 13.0. The fraction of sp³-hybridized carbons (Fsp3) is 0.625. The molecule has 0 spiro atoms. The van der Waals surface area contributed by atoms with Gasteiger partial charge in [0.1, 0.15) is 5.69 Å². The van der Waals surface area contributed by atoms with Gasteiger partial charge in [-0.25, -0.2) is 0 Å². The van der Waals surface area contributed by atoms with E-state index in [0.717, 1.165) is 12.1 Å². The van der Waals surface area contributed by atoms with Crippen molar-refractivity contribution in [1.82, 2.24) is 9.88 Å². The number of carbonyl (C=O) groups is 1. The molecule has 1 aliphatic rings. The largest absolute Gasteiger partial charge is 0.382 e. The first-order chi connectivity index (χ1) is 10.2. The molecule has 1 aromatic heterocycles. The van der Waals surface area contributed by atoms with Gasteiger partial charge in [-0.2, -0.15) is 0 Å². The van der Waals surface area contributed by atoms with Gasteiger partial charge in [0.2, 0.25) is 0 Å². The maximum Gasteiger partial charge on any atom is 0.272 e. The minimum absolute atomic E-state index is 0.00885. The predicted molar refractivity (Wildman–Crippen MR) is 85.3 cm³/mol. The van der Waals surface area contributed by atoms with Crippen LogP contribution in [0.5, 0.6) is 0 Å². The Hall–Kier alpha value is -1.62. The third kappa shape index (κ3) is 3.73. The number of hydrogen-bond acceptors (Lipinski definition) is 4. The minimum Gasteiger partial charge on any atom is -0.382 e. The van der Waals surface area contributed by atoms with Crippen molar-refractivity contribution < 1.29 is 4.79 Å². The normalized spacial score (nSPS) is 21.3. The first-order valence-electron chi connectivity index (χ1n) is 7.91. The van der Waals surface area contributed by atoms with Crippen LogP contribution in [0.15, 0.2) is 18.3 Å². The van der Waals surface area contributed by atoms with E-state index < -0.39 is 0 Å². The van der Waals surface area contributed by atoms with Crippen molar-refractivity contribution in [3.63, 3.8) is 0 Å². The lowest BCUT2D eigenvalue weighted by molar-refractivity contribution is 0.0767. The second-order valence-corrected chi connectivity index (χ2v) is 5.58. The van der Waals surface area contributed by atoms with Crippen LogP contribution < -0.4 is 11.1 Å². The van der Waals surface area contributed by atoms with Crippen LogP contribution in [-0.4, -0.2) is 41.5 Å². The lowest BCUT2D eigenvalue weighted by atomic mass is 10.0. The summed E-state index contributed by atoms with van der Waals surface area (Å²) < 4.78 is 0. The molecule has 1 saturated carbocycles. The van der Waals surface area contributed by atoms with Crippen LogP contribution in [-0.2, 0) is 0 Å². The Morgan fingerprint density at radius 1 is 1.43 bits per heavy atom. The molecule has 1 aromatic rings. The molecule has 3 N–H and O–H groups in total. The monoisotopic (exact) mass is 290 g/mol. The van der Waals surface area contributed by atoms with Gasteiger partial charge < -0.3 is 16.0 Å². The van der Waals surface area contributed by atoms with E-state index in [1.807, 2.05) is 26.0 Å². The van der Waals surface area contributed by atoms with Gasteiger partial charge in [0, 0.05) is 31.0 Å². The summed E-state index contributed by atoms with van der Waals surface area (Å²) in [5.74, 6) is 0.519. The van der Waals surface area contributed by atoms with Gasteiger partial charge in [-0.15, -0.1) is 0 Å². The van der Waals surface area contributed by atoms with Gasteiger partial charge >= 0.3 is 0 Å². The zero-order valence-corrected chi connectivity index (χ0v) is 13.0. The number of hydrogen-bond donors (Lipinski definition) is 2. The maximum atomic E-state index is 12.3. The number of nitrogens with two attached hydrogens (primary N) is 1. The molecule has 0 bridgehead atoms. The second-order valence-electron chi connectivity index (χ2n) is 5.58. The fourth-order valence-electron chi connectivity index (χ4n) is 3.03. The van der Waals surface area contributed by atoms with Crippen LogP contribution >= 0.6 is 0 Å². The predicted octanol–water partition coefficient (Wildman–Crippen LogP) is 2.10. The molecule has 0 radical (unpaired) electrons. The van der Waals surface area contributed by atoms with Crippen LogP contribution in [0.1, 0.15) is 43.6 Å². The Morgan fingerprint density at radius 2 is 2.19 bits per heavy atom. The summed E-state index contributed by atoms with van der Waals surface area (Å²) in [6.45, 7) is 6.08. The van der Waals surface area contributed by atoms with Crippen LogP contribution in [0.2, 0.25) is 0 Å². The van der Waals surface area contributed by atoms with Crippen molar-refractivity contribution in [3.05, 3.63) is 24.0 Å². The van der Waals surface area contributed by atoms with Gasteiger partial charge in [-0.1, -0.05) is 6.42 Å². The molecular formula is C16H26N4O. The molecular weight excluding hydrogens is 264 g/mol. The minimum atomic E-state index is -0.00885. The summed E-state index contributed by atoms with van der Waals surface area (Å²) in [6.07, 6.45) is 5.25. The van der Waals surface area contributed by atoms with Gasteiger partial charge in [0.05, 0.1) is 0 Å². The molecule has 1 aliphatic carbocycles. The van der Waals surface area contributed by atoms with Crippen molar-refractivity contribution in [1.29, 1.82) is 0 Å². The molecule has 21 heavy (non-hydrogen) atoms. The number of nitrogens with zero attached hydrogens (tertiary/aromatic N) is 2. The van der Waals surface area contributed by atoms with Gasteiger partial charge in [-0.05, 0) is 51.3 Å². The van der Waals surface area contributed by atoms with E-state index in [9.17, 15) is 4.79 Å². The van der Waals surface area contributed by atoms with Crippen LogP contribution in [0.3, 0.4) is 0 Å². The molecule has 5 nitrogen and oxygen atoms in total. The van der Waals surface area contributed by atoms with Crippen LogP contribution in [0.25, 0.3) is 0 Å². The molecule has 116 valence electrons. The molecule has 5 heteroatoms. The molecule has 0 aromatic carbocycles. The van der Waals surface area contributed by atoms with E-state index >= 15 is 0 Å². The summed E-state index contributed by atoms with van der Waals surface area (Å²) >= 11 is 0. The number of nitrogens with one attached hydrogen (secondary N) is 1. The van der Waals surface area contributed by atoms with Crippen LogP contribution in [0, 0.1) is 5.92 Å². The molecule has 2 rings (SSSR count). The molecule has 1 fully saturated rings. The molecule has 2 atom stereocenters. The van der Waals surface area contributed by atoms with E-state index in [0.29, 0.717) is 37.3 Å². The van der Waals surface area contributed by atoms with Crippen molar-refractivity contribution in [2.75, 3.05) is 25.0 Å². The topological polar surface area (TPSA) is 71.2 Å². The second kappa shape index (κ2) is 7.41. The average molecular weight is 290 g/mol. The van der Waals surface area contributed by atoms with Gasteiger partial charge in [-0.3, -0.25) is 9.78 Å². The number of rotatable bonds is 6. The molecule has 0 saturated heterocycles. The lowest BCUT2D eigenvalue weighted by Crippen LogP contribution is -2.32. The Labute approximate surface area is 126 Å². The standard InChI is InChI=1S/C16H26N4O/c1-3-20(4-2)16(21)15-10-13(8-9-18-15)19-14-7-5-6-12(14)11-17/h8-10,12,14H,3-7,11,17H2,1-2H3,(H,18,19). The molecule has 0 aliphatic heterocycles. The highest BCUT2D eigenvalue weighted by Crippen LogP contribution is 2.27. The van der Waals surface area contributed by atoms with E-state index in [-0.39, 0.29) is 5.91 Å². The van der Waals surface area contributed by atoms with Crippen molar-refractivity contribution in [3.8, 4) is 0 Å². The summed E-state index contributed by atoms with van der Waals surface area (Å²) in [5.41, 5.74) is 7.29. The third-order valence-corrected chi connectivity index (χ3v) is 4.34. The number of amides is 1. The third-order valence-electron chi connectivity index (χ3n) is 4.34. The fourth-order valence-corrected chi connectivity index (χ4v) is 3.03. The lowest BCUT2D eigenvalue weighted by Gasteiger charge is -2.22. The number of pyridine rings is 1. The van der Waals surface area contributed by atoms with Gasteiger partial charge in [0.25, 0.3) is 5.91 Å². The highest BCUT2D eigenvalue weighted by Gasteiger charge is 2.26. The Balaban J connectivity index is 2.09. The highest BCUT2D eigenvalue weighted by molar-refractivity contribution is 5.93. The molecule has 2 unspecified atom stereocenters. The van der Waals surface area contributed by atoms with E-state index in [2.05, 4.69) is 10.3 Å². The maximum absolute atomic E-state index is 12.3. The Kier molecular flexibility index (Phi) is 5.56. The van der Waals surface area contributed by atoms with E-state index in [1.165, 1.54) is 12.8 Å². The smallest absolute Gasteiger partial charge is 0.272 e. The van der Waals surface area contributed by atoms with Crippen molar-refractivity contribution in [2.45, 2.75) is 39.2 Å². The first kappa shape index (κ1) is 15.8. The van der Waals surface area contributed by atoms with E-state index in [4.69, 9.17) is 5.73 Å². The first-order valence-corrected chi connectivity index (χ1v) is 7.91. The Bertz CT molecular complexity index is 473. The molecule has 1 amide bonds. The van der Waals surface area contributed by atoms with Crippen LogP contribution in [0.4, 0.5) is 5.69 Å². The zero-order chi connectivity index (χ0) is 15.2. The number of aromatic nitrogens is 1. The Morgan fingerprint density at radius 3 is 2.86 bits per heavy atom. The van der Waals surface area contributed by atoms with E-state index in [1.54, 1.807) is 11.1 Å². The highest BCUT2D eigenvalue weighted by atomic mass is 16.2. The summed E-state index contributed by atoms with van der Waals surface area (Å²) in [4.78, 5) is 18.3. The van der Waals surface area contributed by atoms with Crippen molar-refractivity contribution in [2.24, 2.45) is 11.7 Å². The average Bonchev–Trinajstić information content (AvgIpc) is 2.96. The summed E-state index contributed by atoms with van der Waals surface area (Å²) in [5, 5.41) is 3.52. The summed E-state index contributed by atoms with van der Waals surface area (Å²) in [7, 11) is 0. The number of anilines is 1. The van der Waals surface area contributed by atoms with Gasteiger partial charge in [0.15, 0.2) is 0 Å². The van der Waals surface area contributed by atoms with Crippen molar-refractivity contribution >= 4 is 11.6 Å².